The monoisotopic (exact) mass is 237 g/mol. The van der Waals surface area contributed by atoms with Gasteiger partial charge in [-0.15, -0.1) is 5.10 Å². The Balaban J connectivity index is 2.27. The van der Waals surface area contributed by atoms with E-state index in [1.807, 2.05) is 42.5 Å². The van der Waals surface area contributed by atoms with Gasteiger partial charge >= 0.3 is 0 Å². The van der Waals surface area contributed by atoms with Crippen LogP contribution in [0.5, 0.6) is 5.75 Å². The fraction of sp³-hybridized carbons (Fsp3) is 0.0714. The number of para-hydroxylation sites is 1. The van der Waals surface area contributed by atoms with Crippen molar-refractivity contribution in [2.45, 2.75) is 0 Å². The molecule has 4 nitrogen and oxygen atoms in total. The first-order valence-corrected chi connectivity index (χ1v) is 5.60. The minimum absolute atomic E-state index is 0.703. The number of benzene rings is 1. The summed E-state index contributed by atoms with van der Waals surface area (Å²) in [5.41, 5.74) is 2.34. The van der Waals surface area contributed by atoms with Gasteiger partial charge in [-0.2, -0.15) is 5.10 Å². The fourth-order valence-corrected chi connectivity index (χ4v) is 1.86. The van der Waals surface area contributed by atoms with Crippen LogP contribution in [0.15, 0.2) is 48.7 Å². The van der Waals surface area contributed by atoms with E-state index in [-0.39, 0.29) is 0 Å². The quantitative estimate of drug-likeness (QED) is 0.687. The minimum Gasteiger partial charge on any atom is -0.494 e. The number of ether oxygens (including phenoxy) is 1. The van der Waals surface area contributed by atoms with Crippen LogP contribution in [0.4, 0.5) is 0 Å². The highest BCUT2D eigenvalue weighted by Crippen LogP contribution is 2.29. The van der Waals surface area contributed by atoms with E-state index >= 15 is 0 Å². The second kappa shape index (κ2) is 4.41. The zero-order valence-corrected chi connectivity index (χ0v) is 9.87. The van der Waals surface area contributed by atoms with E-state index in [4.69, 9.17) is 4.74 Å². The number of fused-ring (bicyclic) bond motifs is 1. The van der Waals surface area contributed by atoms with Gasteiger partial charge in [-0.25, -0.2) is 4.98 Å². The Kier molecular flexibility index (Phi) is 2.61. The Hall–Kier alpha value is -2.49. The average Bonchev–Trinajstić information content (AvgIpc) is 2.46. The van der Waals surface area contributed by atoms with E-state index in [1.54, 1.807) is 13.3 Å². The second-order valence-electron chi connectivity index (χ2n) is 3.84. The van der Waals surface area contributed by atoms with Gasteiger partial charge in [-0.05, 0) is 24.3 Å². The number of methoxy groups -OCH3 is 1. The van der Waals surface area contributed by atoms with Gasteiger partial charge in [0.15, 0.2) is 0 Å². The lowest BCUT2D eigenvalue weighted by atomic mass is 10.1. The first-order chi connectivity index (χ1) is 8.88. The molecule has 0 bridgehead atoms. The van der Waals surface area contributed by atoms with Crippen molar-refractivity contribution in [1.82, 2.24) is 15.2 Å². The lowest BCUT2D eigenvalue weighted by Crippen LogP contribution is -1.95. The molecular weight excluding hydrogens is 226 g/mol. The molecule has 0 fully saturated rings. The summed E-state index contributed by atoms with van der Waals surface area (Å²) in [5, 5.41) is 8.99. The molecule has 0 unspecified atom stereocenters. The molecule has 4 heteroatoms. The smallest absolute Gasteiger partial charge is 0.147 e. The van der Waals surface area contributed by atoms with Crippen LogP contribution >= 0.6 is 0 Å². The lowest BCUT2D eigenvalue weighted by molar-refractivity contribution is 0.415. The summed E-state index contributed by atoms with van der Waals surface area (Å²) in [7, 11) is 1.63. The van der Waals surface area contributed by atoms with Crippen molar-refractivity contribution in [2.75, 3.05) is 7.11 Å². The molecule has 18 heavy (non-hydrogen) atoms. The standard InChI is InChI=1S/C14H11N3O/c1-18-13-9-10-5-2-3-6-11(10)16-14(13)12-7-4-8-15-17-12/h2-9H,1H3. The van der Waals surface area contributed by atoms with Gasteiger partial charge in [0, 0.05) is 11.6 Å². The van der Waals surface area contributed by atoms with Crippen molar-refractivity contribution in [3.05, 3.63) is 48.7 Å². The van der Waals surface area contributed by atoms with Crippen LogP contribution in [0, 0.1) is 0 Å². The molecule has 0 spiro atoms. The van der Waals surface area contributed by atoms with Crippen molar-refractivity contribution in [1.29, 1.82) is 0 Å². The summed E-state index contributed by atoms with van der Waals surface area (Å²) >= 11 is 0. The maximum atomic E-state index is 5.38. The van der Waals surface area contributed by atoms with E-state index in [9.17, 15) is 0 Å². The number of hydrogen-bond donors (Lipinski definition) is 0. The normalized spacial score (nSPS) is 10.5. The van der Waals surface area contributed by atoms with E-state index < -0.39 is 0 Å². The SMILES string of the molecule is COc1cc2ccccc2nc1-c1cccnn1. The predicted octanol–water partition coefficient (Wildman–Crippen LogP) is 2.70. The molecule has 88 valence electrons. The largest absolute Gasteiger partial charge is 0.494 e. The summed E-state index contributed by atoms with van der Waals surface area (Å²) in [5.74, 6) is 0.703. The highest BCUT2D eigenvalue weighted by molar-refractivity contribution is 5.84. The van der Waals surface area contributed by atoms with Crippen molar-refractivity contribution in [2.24, 2.45) is 0 Å². The van der Waals surface area contributed by atoms with Crippen LogP contribution in [0.3, 0.4) is 0 Å². The molecule has 0 saturated carbocycles. The highest BCUT2D eigenvalue weighted by Gasteiger charge is 2.10. The first kappa shape index (κ1) is 10.7. The highest BCUT2D eigenvalue weighted by atomic mass is 16.5. The second-order valence-corrected chi connectivity index (χ2v) is 3.84. The van der Waals surface area contributed by atoms with Crippen LogP contribution in [-0.2, 0) is 0 Å². The van der Waals surface area contributed by atoms with Crippen molar-refractivity contribution in [3.63, 3.8) is 0 Å². The molecule has 0 aliphatic rings. The van der Waals surface area contributed by atoms with Crippen molar-refractivity contribution >= 4 is 10.9 Å². The van der Waals surface area contributed by atoms with Gasteiger partial charge in [-0.3, -0.25) is 0 Å². The van der Waals surface area contributed by atoms with Crippen LogP contribution in [0.1, 0.15) is 0 Å². The molecule has 2 aromatic heterocycles. The van der Waals surface area contributed by atoms with Crippen molar-refractivity contribution in [3.8, 4) is 17.1 Å². The third-order valence-corrected chi connectivity index (χ3v) is 2.72. The minimum atomic E-state index is 0.703. The predicted molar refractivity (Wildman–Crippen MR) is 69.3 cm³/mol. The third-order valence-electron chi connectivity index (χ3n) is 2.72. The number of nitrogens with zero attached hydrogens (tertiary/aromatic N) is 3. The van der Waals surface area contributed by atoms with Crippen molar-refractivity contribution < 1.29 is 4.74 Å². The summed E-state index contributed by atoms with van der Waals surface area (Å²) in [4.78, 5) is 4.59. The Bertz CT molecular complexity index is 683. The van der Waals surface area contributed by atoms with Gasteiger partial charge in [-0.1, -0.05) is 18.2 Å². The van der Waals surface area contributed by atoms with E-state index in [0.29, 0.717) is 17.1 Å². The van der Waals surface area contributed by atoms with Gasteiger partial charge in [0.2, 0.25) is 0 Å². The molecule has 0 radical (unpaired) electrons. The Morgan fingerprint density at radius 3 is 2.72 bits per heavy atom. The Labute approximate surface area is 104 Å². The molecule has 3 aromatic rings. The average molecular weight is 237 g/mol. The number of pyridine rings is 1. The molecule has 0 amide bonds. The van der Waals surface area contributed by atoms with Crippen LogP contribution < -0.4 is 4.74 Å². The zero-order chi connectivity index (χ0) is 12.4. The van der Waals surface area contributed by atoms with E-state index in [1.165, 1.54) is 0 Å². The molecule has 1 aromatic carbocycles. The summed E-state index contributed by atoms with van der Waals surface area (Å²) in [6.07, 6.45) is 1.64. The topological polar surface area (TPSA) is 47.9 Å². The molecule has 3 rings (SSSR count). The fourth-order valence-electron chi connectivity index (χ4n) is 1.86. The first-order valence-electron chi connectivity index (χ1n) is 5.60. The maximum absolute atomic E-state index is 5.38. The van der Waals surface area contributed by atoms with Gasteiger partial charge in [0.1, 0.15) is 17.1 Å². The van der Waals surface area contributed by atoms with Crippen LogP contribution in [0.2, 0.25) is 0 Å². The van der Waals surface area contributed by atoms with E-state index in [2.05, 4.69) is 15.2 Å². The number of hydrogen-bond acceptors (Lipinski definition) is 4. The molecule has 0 saturated heterocycles. The van der Waals surface area contributed by atoms with Crippen LogP contribution in [0.25, 0.3) is 22.3 Å². The van der Waals surface area contributed by atoms with Gasteiger partial charge in [0.25, 0.3) is 0 Å². The number of rotatable bonds is 2. The zero-order valence-electron chi connectivity index (χ0n) is 9.87. The van der Waals surface area contributed by atoms with Gasteiger partial charge < -0.3 is 4.74 Å². The van der Waals surface area contributed by atoms with Crippen LogP contribution in [-0.4, -0.2) is 22.3 Å². The Morgan fingerprint density at radius 1 is 1.06 bits per heavy atom. The molecule has 0 aliphatic carbocycles. The van der Waals surface area contributed by atoms with E-state index in [0.717, 1.165) is 10.9 Å². The molecule has 0 aliphatic heterocycles. The summed E-state index contributed by atoms with van der Waals surface area (Å²) in [6.45, 7) is 0. The van der Waals surface area contributed by atoms with Gasteiger partial charge in [0.05, 0.1) is 12.6 Å². The lowest BCUT2D eigenvalue weighted by Gasteiger charge is -2.08. The summed E-state index contributed by atoms with van der Waals surface area (Å²) in [6, 6.07) is 13.6. The third kappa shape index (κ3) is 1.78. The Morgan fingerprint density at radius 2 is 1.94 bits per heavy atom. The molecule has 2 heterocycles. The molecule has 0 N–H and O–H groups in total. The maximum Gasteiger partial charge on any atom is 0.147 e. The molecule has 0 atom stereocenters. The summed E-state index contributed by atoms with van der Waals surface area (Å²) < 4.78 is 5.38. The number of aromatic nitrogens is 3. The molecular formula is C14H11N3O.